The molecule has 0 aliphatic rings. The summed E-state index contributed by atoms with van der Waals surface area (Å²) in [4.78, 5) is 10.2. The molecule has 0 fully saturated rings. The van der Waals surface area contributed by atoms with E-state index in [1.165, 1.54) is 0 Å². The first-order valence-electron chi connectivity index (χ1n) is 9.91. The van der Waals surface area contributed by atoms with E-state index in [-0.39, 0.29) is 13.2 Å². The van der Waals surface area contributed by atoms with Crippen LogP contribution in [0.25, 0.3) is 0 Å². The van der Waals surface area contributed by atoms with E-state index in [0.717, 1.165) is 49.7 Å². The molecule has 6 nitrogen and oxygen atoms in total. The summed E-state index contributed by atoms with van der Waals surface area (Å²) in [5, 5.41) is 0. The van der Waals surface area contributed by atoms with Crippen LogP contribution in [-0.2, 0) is 23.1 Å². The molecule has 0 aromatic rings. The fourth-order valence-corrected chi connectivity index (χ4v) is 3.22. The molecular formula is C20H39O6P. The van der Waals surface area contributed by atoms with Crippen LogP contribution in [0.5, 0.6) is 0 Å². The molecule has 160 valence electrons. The lowest BCUT2D eigenvalue weighted by Crippen LogP contribution is -2.22. The van der Waals surface area contributed by atoms with Crippen LogP contribution in [0.1, 0.15) is 79.1 Å². The van der Waals surface area contributed by atoms with Gasteiger partial charge in [-0.1, -0.05) is 63.8 Å². The second-order valence-electron chi connectivity index (χ2n) is 7.07. The quantitative estimate of drug-likeness (QED) is 0.128. The molecule has 0 radical (unpaired) electrons. The average Bonchev–Trinajstić information content (AvgIpc) is 2.57. The number of rotatable bonds is 18. The van der Waals surface area contributed by atoms with E-state index in [4.69, 9.17) is 18.5 Å². The van der Waals surface area contributed by atoms with Gasteiger partial charge in [-0.15, -0.1) is 0 Å². The monoisotopic (exact) mass is 406 g/mol. The zero-order valence-corrected chi connectivity index (χ0v) is 18.5. The van der Waals surface area contributed by atoms with Crippen molar-refractivity contribution in [1.82, 2.24) is 0 Å². The Morgan fingerprint density at radius 2 is 1.22 bits per heavy atom. The van der Waals surface area contributed by atoms with Crippen LogP contribution in [0, 0.1) is 0 Å². The highest BCUT2D eigenvalue weighted by atomic mass is 31.2. The summed E-state index contributed by atoms with van der Waals surface area (Å²) in [6.07, 6.45) is 5.13. The standard InChI is InChI=1S/C20H39O6P/c1-7-9-11-13-19(23-15-17(3)4)25-27(21,22)26-20(14-12-10-8-2)24-16-18(5)6/h19-20H,3,5,7-16H2,1-2,4,6H3,(H,21,22). The van der Waals surface area contributed by atoms with Crippen LogP contribution in [0.4, 0.5) is 0 Å². The number of phosphoric acid groups is 1. The highest BCUT2D eigenvalue weighted by Crippen LogP contribution is 2.47. The van der Waals surface area contributed by atoms with Gasteiger partial charge in [-0.3, -0.25) is 9.05 Å². The van der Waals surface area contributed by atoms with E-state index in [2.05, 4.69) is 27.0 Å². The minimum atomic E-state index is -4.33. The Morgan fingerprint density at radius 1 is 0.852 bits per heavy atom. The van der Waals surface area contributed by atoms with Gasteiger partial charge in [0.25, 0.3) is 0 Å². The van der Waals surface area contributed by atoms with Crippen LogP contribution >= 0.6 is 7.82 Å². The van der Waals surface area contributed by atoms with Gasteiger partial charge in [0.05, 0.1) is 13.2 Å². The molecule has 0 aliphatic carbocycles. The van der Waals surface area contributed by atoms with Crippen molar-refractivity contribution in [3.05, 3.63) is 24.3 Å². The minimum Gasteiger partial charge on any atom is -0.348 e. The van der Waals surface area contributed by atoms with E-state index in [1.54, 1.807) is 0 Å². The number of hydrogen-bond donors (Lipinski definition) is 1. The van der Waals surface area contributed by atoms with Crippen molar-refractivity contribution in [1.29, 1.82) is 0 Å². The largest absolute Gasteiger partial charge is 0.476 e. The van der Waals surface area contributed by atoms with Crippen LogP contribution < -0.4 is 0 Å². The Labute approximate surface area is 165 Å². The second-order valence-corrected chi connectivity index (χ2v) is 8.43. The number of phosphoric ester groups is 1. The van der Waals surface area contributed by atoms with Gasteiger partial charge in [0.15, 0.2) is 12.6 Å². The van der Waals surface area contributed by atoms with Crippen molar-refractivity contribution in [2.45, 2.75) is 91.6 Å². The molecule has 0 saturated heterocycles. The normalized spacial score (nSPS) is 15.9. The smallest absolute Gasteiger partial charge is 0.348 e. The molecule has 0 bridgehead atoms. The third kappa shape index (κ3) is 16.2. The molecule has 0 saturated carbocycles. The average molecular weight is 407 g/mol. The van der Waals surface area contributed by atoms with Gasteiger partial charge in [0.2, 0.25) is 0 Å². The summed E-state index contributed by atoms with van der Waals surface area (Å²) >= 11 is 0. The van der Waals surface area contributed by atoms with Gasteiger partial charge in [-0.05, 0) is 39.5 Å². The van der Waals surface area contributed by atoms with Crippen LogP contribution in [-0.4, -0.2) is 30.7 Å². The second kappa shape index (κ2) is 15.4. The van der Waals surface area contributed by atoms with Crippen LogP contribution in [0.15, 0.2) is 24.3 Å². The lowest BCUT2D eigenvalue weighted by molar-refractivity contribution is -0.127. The lowest BCUT2D eigenvalue weighted by Gasteiger charge is -2.25. The van der Waals surface area contributed by atoms with Crippen molar-refractivity contribution in [3.63, 3.8) is 0 Å². The molecule has 2 unspecified atom stereocenters. The molecule has 0 aromatic heterocycles. The Bertz CT molecular complexity index is 427. The fraction of sp³-hybridized carbons (Fsp3) is 0.800. The topological polar surface area (TPSA) is 74.2 Å². The summed E-state index contributed by atoms with van der Waals surface area (Å²) in [6.45, 7) is 15.9. The highest BCUT2D eigenvalue weighted by Gasteiger charge is 2.31. The molecule has 0 aliphatic heterocycles. The predicted molar refractivity (Wildman–Crippen MR) is 109 cm³/mol. The van der Waals surface area contributed by atoms with E-state index < -0.39 is 20.4 Å². The third-order valence-corrected chi connectivity index (χ3v) is 4.62. The van der Waals surface area contributed by atoms with E-state index >= 15 is 0 Å². The first kappa shape index (κ1) is 26.5. The maximum absolute atomic E-state index is 12.5. The van der Waals surface area contributed by atoms with Crippen LogP contribution in [0.2, 0.25) is 0 Å². The molecule has 0 heterocycles. The molecule has 0 amide bonds. The third-order valence-electron chi connectivity index (χ3n) is 3.62. The van der Waals surface area contributed by atoms with Crippen molar-refractivity contribution >= 4 is 7.82 Å². The van der Waals surface area contributed by atoms with Crippen molar-refractivity contribution < 1.29 is 28.0 Å². The summed E-state index contributed by atoms with van der Waals surface area (Å²) in [6, 6.07) is 0. The van der Waals surface area contributed by atoms with Crippen molar-refractivity contribution in [2.75, 3.05) is 13.2 Å². The van der Waals surface area contributed by atoms with E-state index in [1.807, 2.05) is 13.8 Å². The molecule has 7 heteroatoms. The van der Waals surface area contributed by atoms with Gasteiger partial charge >= 0.3 is 7.82 Å². The zero-order valence-electron chi connectivity index (χ0n) is 17.6. The van der Waals surface area contributed by atoms with Crippen molar-refractivity contribution in [3.8, 4) is 0 Å². The van der Waals surface area contributed by atoms with Crippen molar-refractivity contribution in [2.24, 2.45) is 0 Å². The summed E-state index contributed by atoms with van der Waals surface area (Å²) < 4.78 is 34.2. The molecule has 27 heavy (non-hydrogen) atoms. The lowest BCUT2D eigenvalue weighted by atomic mass is 10.2. The first-order valence-corrected chi connectivity index (χ1v) is 11.4. The Morgan fingerprint density at radius 3 is 1.52 bits per heavy atom. The number of ether oxygens (including phenoxy) is 2. The minimum absolute atomic E-state index is 0.267. The Kier molecular flexibility index (Phi) is 15.2. The summed E-state index contributed by atoms with van der Waals surface area (Å²) in [5.41, 5.74) is 1.63. The van der Waals surface area contributed by atoms with E-state index in [9.17, 15) is 9.46 Å². The predicted octanol–water partition coefficient (Wildman–Crippen LogP) is 6.12. The SMILES string of the molecule is C=C(C)COC(CCCCC)OP(=O)(O)OC(CCCCC)OCC(=C)C. The molecular weight excluding hydrogens is 367 g/mol. The van der Waals surface area contributed by atoms with Gasteiger partial charge in [-0.2, -0.15) is 0 Å². The Balaban J connectivity index is 4.81. The maximum atomic E-state index is 12.5. The fourth-order valence-electron chi connectivity index (χ4n) is 2.25. The molecule has 2 atom stereocenters. The molecule has 1 N–H and O–H groups in total. The number of unbranched alkanes of at least 4 members (excludes halogenated alkanes) is 4. The number of hydrogen-bond acceptors (Lipinski definition) is 5. The van der Waals surface area contributed by atoms with Gasteiger partial charge in [-0.25, -0.2) is 4.57 Å². The zero-order chi connectivity index (χ0) is 20.7. The molecule has 0 aromatic carbocycles. The molecule has 0 spiro atoms. The highest BCUT2D eigenvalue weighted by molar-refractivity contribution is 7.47. The first-order chi connectivity index (χ1) is 12.7. The maximum Gasteiger partial charge on any atom is 0.476 e. The van der Waals surface area contributed by atoms with Gasteiger partial charge in [0.1, 0.15) is 0 Å². The summed E-state index contributed by atoms with van der Waals surface area (Å²) in [7, 11) is -4.33. The summed E-state index contributed by atoms with van der Waals surface area (Å²) in [5.74, 6) is 0. The molecule has 0 rings (SSSR count). The van der Waals surface area contributed by atoms with E-state index in [0.29, 0.717) is 12.8 Å². The van der Waals surface area contributed by atoms with Gasteiger partial charge < -0.3 is 14.4 Å². The Hall–Kier alpha value is -0.490. The van der Waals surface area contributed by atoms with Gasteiger partial charge in [0, 0.05) is 0 Å². The van der Waals surface area contributed by atoms with Crippen LogP contribution in [0.3, 0.4) is 0 Å².